The number of rotatable bonds is 0. The molecule has 0 fully saturated rings. The molecule has 0 bridgehead atoms. The molecule has 2 aromatic rings. The lowest BCUT2D eigenvalue weighted by atomic mass is 10.4. The number of hydrogen-bond donors (Lipinski definition) is 1. The topological polar surface area (TPSA) is 42.7 Å². The summed E-state index contributed by atoms with van der Waals surface area (Å²) in [5.74, 6) is 0. The summed E-state index contributed by atoms with van der Waals surface area (Å²) in [7, 11) is 0. The van der Waals surface area contributed by atoms with E-state index in [4.69, 9.17) is 0 Å². The van der Waals surface area contributed by atoms with Crippen molar-refractivity contribution in [2.24, 2.45) is 0 Å². The third-order valence-electron chi connectivity index (χ3n) is 1.40. The summed E-state index contributed by atoms with van der Waals surface area (Å²) in [6.45, 7) is 0. The first-order chi connectivity index (χ1) is 4.88. The molecule has 0 aliphatic heterocycles. The molecular formula is C7H5N2O. The van der Waals surface area contributed by atoms with Crippen LogP contribution in [0.2, 0.25) is 0 Å². The molecule has 3 heteroatoms. The smallest absolute Gasteiger partial charge is 0.249 e. The van der Waals surface area contributed by atoms with Crippen molar-refractivity contribution in [1.82, 2.24) is 4.98 Å². The summed E-state index contributed by atoms with van der Waals surface area (Å²) in [5.41, 5.74) is 1.38. The van der Waals surface area contributed by atoms with Gasteiger partial charge in [-0.15, -0.1) is 0 Å². The molecule has 1 radical (unpaired) electrons. The van der Waals surface area contributed by atoms with Crippen molar-refractivity contribution in [2.75, 3.05) is 0 Å². The zero-order valence-corrected chi connectivity index (χ0v) is 5.16. The van der Waals surface area contributed by atoms with Gasteiger partial charge in [-0.1, -0.05) is 0 Å². The third kappa shape index (κ3) is 0.572. The minimum absolute atomic E-state index is 0.558. The lowest BCUT2D eigenvalue weighted by Crippen LogP contribution is -2.24. The van der Waals surface area contributed by atoms with Crippen LogP contribution < -0.4 is 4.73 Å². The van der Waals surface area contributed by atoms with E-state index in [0.29, 0.717) is 5.52 Å². The summed E-state index contributed by atoms with van der Waals surface area (Å²) < 4.78 is 0.784. The highest BCUT2D eigenvalue weighted by molar-refractivity contribution is 5.70. The van der Waals surface area contributed by atoms with Gasteiger partial charge in [0.2, 0.25) is 5.52 Å². The Bertz CT molecular complexity index is 353. The van der Waals surface area contributed by atoms with Crippen molar-refractivity contribution in [3.63, 3.8) is 0 Å². The van der Waals surface area contributed by atoms with Gasteiger partial charge < -0.3 is 10.2 Å². The van der Waals surface area contributed by atoms with Gasteiger partial charge in [-0.05, 0) is 6.07 Å². The van der Waals surface area contributed by atoms with Gasteiger partial charge in [-0.2, -0.15) is 4.73 Å². The van der Waals surface area contributed by atoms with Crippen LogP contribution in [-0.2, 0) is 0 Å². The second-order valence-corrected chi connectivity index (χ2v) is 2.03. The predicted molar refractivity (Wildman–Crippen MR) is 36.1 cm³/mol. The molecule has 0 aromatic carbocycles. The number of pyridine rings is 1. The van der Waals surface area contributed by atoms with Crippen LogP contribution in [0.3, 0.4) is 0 Å². The normalized spacial score (nSPS) is 10.4. The van der Waals surface area contributed by atoms with Crippen molar-refractivity contribution in [2.45, 2.75) is 0 Å². The number of aromatic amines is 1. The quantitative estimate of drug-likeness (QED) is 0.415. The summed E-state index contributed by atoms with van der Waals surface area (Å²) in [4.78, 5) is 2.88. The highest BCUT2D eigenvalue weighted by Gasteiger charge is 2.00. The number of hydrogen-bond acceptors (Lipinski definition) is 1. The van der Waals surface area contributed by atoms with Crippen LogP contribution in [0.25, 0.3) is 11.0 Å². The Morgan fingerprint density at radius 1 is 1.60 bits per heavy atom. The van der Waals surface area contributed by atoms with E-state index in [-0.39, 0.29) is 0 Å². The van der Waals surface area contributed by atoms with E-state index >= 15 is 0 Å². The van der Waals surface area contributed by atoms with Crippen molar-refractivity contribution in [1.29, 1.82) is 0 Å². The summed E-state index contributed by atoms with van der Waals surface area (Å²) in [5, 5.41) is 10.9. The van der Waals surface area contributed by atoms with Crippen LogP contribution in [0, 0.1) is 11.3 Å². The molecular weight excluding hydrogens is 128 g/mol. The molecule has 0 unspecified atom stereocenters. The zero-order chi connectivity index (χ0) is 6.97. The number of aromatic nitrogens is 2. The van der Waals surface area contributed by atoms with Gasteiger partial charge in [0.15, 0.2) is 6.20 Å². The van der Waals surface area contributed by atoms with Crippen molar-refractivity contribution in [3.05, 3.63) is 35.8 Å². The molecule has 0 spiro atoms. The molecule has 0 saturated heterocycles. The largest absolute Gasteiger partial charge is 0.618 e. The van der Waals surface area contributed by atoms with Gasteiger partial charge >= 0.3 is 0 Å². The molecule has 1 N–H and O–H groups in total. The molecule has 2 aromatic heterocycles. The fourth-order valence-electron chi connectivity index (χ4n) is 0.930. The van der Waals surface area contributed by atoms with Crippen LogP contribution in [0.5, 0.6) is 0 Å². The van der Waals surface area contributed by atoms with E-state index in [0.717, 1.165) is 10.2 Å². The molecule has 3 nitrogen and oxygen atoms in total. The van der Waals surface area contributed by atoms with Crippen molar-refractivity contribution >= 4 is 11.0 Å². The minimum atomic E-state index is 0.558. The monoisotopic (exact) mass is 133 g/mol. The minimum Gasteiger partial charge on any atom is -0.618 e. The Morgan fingerprint density at radius 2 is 2.50 bits per heavy atom. The average Bonchev–Trinajstić information content (AvgIpc) is 2.36. The Labute approximate surface area is 57.5 Å². The first kappa shape index (κ1) is 5.29. The van der Waals surface area contributed by atoms with Crippen LogP contribution in [0.1, 0.15) is 0 Å². The van der Waals surface area contributed by atoms with Gasteiger partial charge in [-0.3, -0.25) is 0 Å². The lowest BCUT2D eigenvalue weighted by molar-refractivity contribution is -0.577. The second-order valence-electron chi connectivity index (χ2n) is 2.03. The first-order valence-corrected chi connectivity index (χ1v) is 2.95. The fourth-order valence-corrected chi connectivity index (χ4v) is 0.930. The van der Waals surface area contributed by atoms with Gasteiger partial charge in [0.1, 0.15) is 5.52 Å². The molecule has 2 heterocycles. The van der Waals surface area contributed by atoms with E-state index in [1.54, 1.807) is 12.3 Å². The molecule has 10 heavy (non-hydrogen) atoms. The Morgan fingerprint density at radius 3 is 3.30 bits per heavy atom. The number of nitrogens with zero attached hydrogens (tertiary/aromatic N) is 1. The molecule has 0 aliphatic carbocycles. The number of H-pyrrole nitrogens is 1. The summed E-state index contributed by atoms with van der Waals surface area (Å²) >= 11 is 0. The molecule has 2 rings (SSSR count). The van der Waals surface area contributed by atoms with Crippen molar-refractivity contribution in [3.8, 4) is 0 Å². The summed E-state index contributed by atoms with van der Waals surface area (Å²) in [6, 6.07) is 6.31. The fraction of sp³-hybridized carbons (Fsp3) is 0. The van der Waals surface area contributed by atoms with Gasteiger partial charge in [0.25, 0.3) is 0 Å². The van der Waals surface area contributed by atoms with Crippen molar-refractivity contribution < 1.29 is 4.73 Å². The molecule has 49 valence electrons. The van der Waals surface area contributed by atoms with Crippen LogP contribution in [0.4, 0.5) is 0 Å². The molecule has 0 aliphatic rings. The van der Waals surface area contributed by atoms with Crippen LogP contribution in [0.15, 0.2) is 24.5 Å². The zero-order valence-electron chi connectivity index (χ0n) is 5.16. The van der Waals surface area contributed by atoms with Gasteiger partial charge in [-0.25, -0.2) is 0 Å². The molecule has 0 atom stereocenters. The van der Waals surface area contributed by atoms with E-state index in [9.17, 15) is 5.21 Å². The number of nitrogens with one attached hydrogen (secondary N) is 1. The maximum absolute atomic E-state index is 10.9. The Balaban J connectivity index is 2.95. The van der Waals surface area contributed by atoms with E-state index in [2.05, 4.69) is 11.1 Å². The maximum Gasteiger partial charge on any atom is 0.249 e. The first-order valence-electron chi connectivity index (χ1n) is 2.95. The second kappa shape index (κ2) is 1.73. The Kier molecular flexibility index (Phi) is 0.917. The van der Waals surface area contributed by atoms with Crippen LogP contribution in [-0.4, -0.2) is 4.98 Å². The molecule has 0 saturated carbocycles. The highest BCUT2D eigenvalue weighted by atomic mass is 16.5. The lowest BCUT2D eigenvalue weighted by Gasteiger charge is -1.93. The van der Waals surface area contributed by atoms with E-state index in [1.807, 2.05) is 6.07 Å². The average molecular weight is 133 g/mol. The Hall–Kier alpha value is -1.51. The SMILES string of the molecule is [O-][n+]1cccc2[nH]c[c]c21. The highest BCUT2D eigenvalue weighted by Crippen LogP contribution is 2.03. The van der Waals surface area contributed by atoms with E-state index in [1.165, 1.54) is 6.20 Å². The summed E-state index contributed by atoms with van der Waals surface area (Å²) in [6.07, 6.45) is 3.08. The van der Waals surface area contributed by atoms with E-state index < -0.39 is 0 Å². The standard InChI is InChI=1S/C7H5N2O/c10-9-5-1-2-6-7(9)3-4-8-6/h1-2,4-5,8H. The maximum atomic E-state index is 10.9. The van der Waals surface area contributed by atoms with Gasteiger partial charge in [0.05, 0.1) is 6.07 Å². The number of fused-ring (bicyclic) bond motifs is 1. The van der Waals surface area contributed by atoms with Gasteiger partial charge in [0, 0.05) is 12.3 Å². The van der Waals surface area contributed by atoms with Crippen LogP contribution >= 0.6 is 0 Å². The third-order valence-corrected chi connectivity index (χ3v) is 1.40. The molecule has 0 amide bonds. The predicted octanol–water partition coefficient (Wildman–Crippen LogP) is 0.601.